The van der Waals surface area contributed by atoms with Gasteiger partial charge < -0.3 is 19.3 Å². The van der Waals surface area contributed by atoms with Crippen LogP contribution in [0.5, 0.6) is 5.75 Å². The largest absolute Gasteiger partial charge is 0.497 e. The van der Waals surface area contributed by atoms with Crippen LogP contribution < -0.4 is 4.74 Å². The summed E-state index contributed by atoms with van der Waals surface area (Å²) in [5.41, 5.74) is 3.56. The molecule has 7 nitrogen and oxygen atoms in total. The molecule has 0 spiro atoms. The Labute approximate surface area is 215 Å². The molecule has 0 bridgehead atoms. The fourth-order valence-electron chi connectivity index (χ4n) is 4.85. The third-order valence-electron chi connectivity index (χ3n) is 6.55. The molecule has 3 aliphatic heterocycles. The number of carbonyl (C=O) groups excluding carboxylic acids is 2. The van der Waals surface area contributed by atoms with Gasteiger partial charge in [-0.3, -0.25) is 4.79 Å². The predicted molar refractivity (Wildman–Crippen MR) is 141 cm³/mol. The average molecular weight is 504 g/mol. The quantitative estimate of drug-likeness (QED) is 0.496. The first-order valence-corrected chi connectivity index (χ1v) is 13.1. The normalized spacial score (nSPS) is 19.1. The fraction of sp³-hybridized carbons (Fsp3) is 0.321. The minimum atomic E-state index is -0.519. The van der Waals surface area contributed by atoms with Crippen LogP contribution in [0.1, 0.15) is 43.4 Å². The van der Waals surface area contributed by atoms with E-state index in [0.29, 0.717) is 17.0 Å². The number of hydrogen-bond acceptors (Lipinski definition) is 7. The van der Waals surface area contributed by atoms with Crippen LogP contribution in [0.3, 0.4) is 0 Å². The smallest absolute Gasteiger partial charge is 0.338 e. The molecule has 1 atom stereocenters. The van der Waals surface area contributed by atoms with E-state index in [4.69, 9.17) is 14.5 Å². The first-order valence-electron chi connectivity index (χ1n) is 12.2. The fourth-order valence-corrected chi connectivity index (χ4v) is 5.77. The molecular weight excluding hydrogens is 474 g/mol. The van der Waals surface area contributed by atoms with E-state index < -0.39 is 12.0 Å². The molecule has 0 aliphatic carbocycles. The molecule has 8 heteroatoms. The van der Waals surface area contributed by atoms with E-state index in [1.165, 1.54) is 11.8 Å². The van der Waals surface area contributed by atoms with Crippen molar-refractivity contribution in [1.29, 1.82) is 0 Å². The monoisotopic (exact) mass is 503 g/mol. The molecule has 0 aromatic heterocycles. The molecule has 1 unspecified atom stereocenters. The van der Waals surface area contributed by atoms with Gasteiger partial charge in [0.05, 0.1) is 37.4 Å². The third kappa shape index (κ3) is 4.65. The van der Waals surface area contributed by atoms with Crippen LogP contribution in [0.25, 0.3) is 5.70 Å². The number of thioether (sulfide) groups is 1. The van der Waals surface area contributed by atoms with Gasteiger partial charge in [-0.05, 0) is 42.9 Å². The summed E-state index contributed by atoms with van der Waals surface area (Å²) in [5.74, 6) is 0.362. The summed E-state index contributed by atoms with van der Waals surface area (Å²) >= 11 is 1.48. The summed E-state index contributed by atoms with van der Waals surface area (Å²) in [6.07, 6.45) is 2.33. The first-order chi connectivity index (χ1) is 17.6. The van der Waals surface area contributed by atoms with Crippen molar-refractivity contribution in [1.82, 2.24) is 9.80 Å². The van der Waals surface area contributed by atoms with Crippen LogP contribution in [0.2, 0.25) is 0 Å². The highest BCUT2D eigenvalue weighted by molar-refractivity contribution is 8.16. The molecule has 0 saturated carbocycles. The number of benzene rings is 2. The van der Waals surface area contributed by atoms with Gasteiger partial charge in [-0.25, -0.2) is 9.79 Å². The van der Waals surface area contributed by atoms with E-state index in [9.17, 15) is 9.59 Å². The molecule has 2 aromatic carbocycles. The van der Waals surface area contributed by atoms with E-state index in [0.717, 1.165) is 47.9 Å². The van der Waals surface area contributed by atoms with Crippen LogP contribution in [0.4, 0.5) is 0 Å². The molecule has 1 fully saturated rings. The summed E-state index contributed by atoms with van der Waals surface area (Å²) in [4.78, 5) is 35.5. The van der Waals surface area contributed by atoms with Crippen molar-refractivity contribution in [2.24, 2.45) is 4.99 Å². The summed E-state index contributed by atoms with van der Waals surface area (Å²) in [5, 5.41) is 2.72. The minimum absolute atomic E-state index is 0.0977. The van der Waals surface area contributed by atoms with E-state index in [1.807, 2.05) is 69.8 Å². The number of nitrogens with zero attached hydrogens (tertiary/aromatic N) is 3. The lowest BCUT2D eigenvalue weighted by atomic mass is 9.91. The van der Waals surface area contributed by atoms with Gasteiger partial charge >= 0.3 is 5.97 Å². The van der Waals surface area contributed by atoms with Gasteiger partial charge in [-0.15, -0.1) is 0 Å². The zero-order valence-electron chi connectivity index (χ0n) is 20.5. The van der Waals surface area contributed by atoms with Gasteiger partial charge in [0.15, 0.2) is 5.17 Å². The zero-order valence-corrected chi connectivity index (χ0v) is 21.3. The Balaban J connectivity index is 1.64. The lowest BCUT2D eigenvalue weighted by molar-refractivity contribution is -0.139. The van der Waals surface area contributed by atoms with Crippen molar-refractivity contribution in [3.05, 3.63) is 82.4 Å². The minimum Gasteiger partial charge on any atom is -0.497 e. The number of ether oxygens (including phenoxy) is 2. The summed E-state index contributed by atoms with van der Waals surface area (Å²) in [6, 6.07) is 16.9. The van der Waals surface area contributed by atoms with Crippen LogP contribution in [-0.4, -0.2) is 53.7 Å². The molecule has 0 N–H and O–H groups in total. The van der Waals surface area contributed by atoms with Crippen molar-refractivity contribution in [3.8, 4) is 5.75 Å². The van der Waals surface area contributed by atoms with E-state index in [1.54, 1.807) is 14.0 Å². The Bertz CT molecular complexity index is 1250. The Morgan fingerprint density at radius 1 is 1.08 bits per heavy atom. The molecule has 3 aliphatic rings. The molecule has 3 heterocycles. The van der Waals surface area contributed by atoms with Crippen LogP contribution in [0, 0.1) is 0 Å². The van der Waals surface area contributed by atoms with Gasteiger partial charge in [0.25, 0.3) is 0 Å². The Hall–Kier alpha value is -3.52. The van der Waals surface area contributed by atoms with Gasteiger partial charge in [0.2, 0.25) is 5.91 Å². The maximum absolute atomic E-state index is 13.5. The highest BCUT2D eigenvalue weighted by Gasteiger charge is 2.42. The van der Waals surface area contributed by atoms with E-state index in [-0.39, 0.29) is 18.9 Å². The first kappa shape index (κ1) is 24.2. The Morgan fingerprint density at radius 2 is 1.86 bits per heavy atom. The number of aliphatic imine (C=N–C) groups is 1. The highest BCUT2D eigenvalue weighted by Crippen LogP contribution is 2.47. The number of methoxy groups -OCH3 is 1. The Morgan fingerprint density at radius 3 is 2.58 bits per heavy atom. The summed E-state index contributed by atoms with van der Waals surface area (Å²) in [7, 11) is 1.62. The van der Waals surface area contributed by atoms with Crippen molar-refractivity contribution in [2.75, 3.05) is 26.8 Å². The highest BCUT2D eigenvalue weighted by atomic mass is 32.2. The van der Waals surface area contributed by atoms with Crippen molar-refractivity contribution in [3.63, 3.8) is 0 Å². The van der Waals surface area contributed by atoms with Gasteiger partial charge in [0, 0.05) is 24.4 Å². The van der Waals surface area contributed by atoms with E-state index in [2.05, 4.69) is 0 Å². The molecule has 2 aromatic rings. The van der Waals surface area contributed by atoms with Gasteiger partial charge in [-0.1, -0.05) is 54.2 Å². The SMILES string of the molecule is CCOC(=O)C1=C(c2ccccc2)N=C2SC=C(CC(=O)N3CCCC3)N2C1c1cccc(OC)c1. The number of likely N-dealkylation sites (tertiary alicyclic amines) is 1. The lowest BCUT2D eigenvalue weighted by Gasteiger charge is -2.37. The standard InChI is InChI=1S/C28H29N3O4S/c1-3-35-27(33)24-25(19-10-5-4-6-11-19)29-28-31(26(24)20-12-9-13-22(16-20)34-2)21(18-36-28)17-23(32)30-14-7-8-15-30/h4-6,9-13,16,18,26H,3,7-8,14-15,17H2,1-2H3. The molecular formula is C28H29N3O4S. The number of esters is 1. The molecule has 36 heavy (non-hydrogen) atoms. The maximum Gasteiger partial charge on any atom is 0.338 e. The summed E-state index contributed by atoms with van der Waals surface area (Å²) < 4.78 is 11.1. The second kappa shape index (κ2) is 10.6. The lowest BCUT2D eigenvalue weighted by Crippen LogP contribution is -2.38. The van der Waals surface area contributed by atoms with Gasteiger partial charge in [0.1, 0.15) is 5.75 Å². The molecule has 186 valence electrons. The number of rotatable bonds is 7. The number of carbonyl (C=O) groups is 2. The number of fused-ring (bicyclic) bond motifs is 1. The second-order valence-corrected chi connectivity index (χ2v) is 9.62. The van der Waals surface area contributed by atoms with Crippen LogP contribution in [0.15, 0.2) is 76.3 Å². The summed E-state index contributed by atoms with van der Waals surface area (Å²) in [6.45, 7) is 3.64. The number of amides is 1. The van der Waals surface area contributed by atoms with Crippen LogP contribution >= 0.6 is 11.8 Å². The van der Waals surface area contributed by atoms with E-state index >= 15 is 0 Å². The number of hydrogen-bond donors (Lipinski definition) is 0. The van der Waals surface area contributed by atoms with Crippen molar-refractivity contribution < 1.29 is 19.1 Å². The zero-order chi connectivity index (χ0) is 25.1. The topological polar surface area (TPSA) is 71.4 Å². The van der Waals surface area contributed by atoms with Gasteiger partial charge in [-0.2, -0.15) is 0 Å². The average Bonchev–Trinajstić information content (AvgIpc) is 3.59. The maximum atomic E-state index is 13.5. The molecule has 1 amide bonds. The molecule has 1 saturated heterocycles. The number of amidine groups is 1. The van der Waals surface area contributed by atoms with Crippen molar-refractivity contribution >= 4 is 34.5 Å². The second-order valence-electron chi connectivity index (χ2n) is 8.78. The van der Waals surface area contributed by atoms with Crippen molar-refractivity contribution in [2.45, 2.75) is 32.2 Å². The predicted octanol–water partition coefficient (Wildman–Crippen LogP) is 4.98. The molecule has 5 rings (SSSR count). The Kier molecular flexibility index (Phi) is 7.13. The third-order valence-corrected chi connectivity index (χ3v) is 7.44. The van der Waals surface area contributed by atoms with Crippen LogP contribution in [-0.2, 0) is 14.3 Å². The molecule has 0 radical (unpaired) electrons.